The second-order valence-corrected chi connectivity index (χ2v) is 5.37. The van der Waals surface area contributed by atoms with Crippen molar-refractivity contribution in [3.8, 4) is 0 Å². The molecule has 1 fully saturated rings. The summed E-state index contributed by atoms with van der Waals surface area (Å²) in [6, 6.07) is 0. The van der Waals surface area contributed by atoms with Gasteiger partial charge in [-0.25, -0.2) is 0 Å². The van der Waals surface area contributed by atoms with Crippen LogP contribution in [0.25, 0.3) is 0 Å². The Kier molecular flexibility index (Phi) is 4.65. The fourth-order valence-corrected chi connectivity index (χ4v) is 2.66. The maximum Gasteiger partial charge on any atom is 0.0903 e. The highest BCUT2D eigenvalue weighted by molar-refractivity contribution is 6.31. The lowest BCUT2D eigenvalue weighted by Gasteiger charge is -2.35. The molecule has 0 aromatic carbocycles. The maximum atomic E-state index is 6.24. The van der Waals surface area contributed by atoms with Crippen molar-refractivity contribution in [3.05, 3.63) is 16.4 Å². The number of hydrogen-bond donors (Lipinski definition) is 1. The molecule has 1 aliphatic carbocycles. The summed E-state index contributed by atoms with van der Waals surface area (Å²) >= 11 is 6.24. The van der Waals surface area contributed by atoms with Crippen LogP contribution in [-0.2, 0) is 17.9 Å². The van der Waals surface area contributed by atoms with Gasteiger partial charge in [0.15, 0.2) is 0 Å². The Bertz CT molecular complexity index is 399. The first-order chi connectivity index (χ1) is 8.65. The number of rotatable bonds is 6. The maximum absolute atomic E-state index is 6.24. The molecule has 0 spiro atoms. The second-order valence-electron chi connectivity index (χ2n) is 4.99. The number of nitrogens with one attached hydrogen (secondary N) is 1. The molecule has 0 amide bonds. The summed E-state index contributed by atoms with van der Waals surface area (Å²) in [6.45, 7) is 6.50. The molecule has 0 saturated heterocycles. The predicted molar refractivity (Wildman–Crippen MR) is 72.9 cm³/mol. The van der Waals surface area contributed by atoms with Gasteiger partial charge < -0.3 is 10.1 Å². The molecular formula is C13H22ClN3O. The molecule has 0 aliphatic heterocycles. The number of ether oxygens (including phenoxy) is 1. The minimum atomic E-state index is 0.389. The van der Waals surface area contributed by atoms with Gasteiger partial charge in [0.2, 0.25) is 0 Å². The van der Waals surface area contributed by atoms with Gasteiger partial charge >= 0.3 is 0 Å². The fraction of sp³-hybridized carbons (Fsp3) is 0.769. The van der Waals surface area contributed by atoms with Crippen LogP contribution in [-0.4, -0.2) is 29.5 Å². The van der Waals surface area contributed by atoms with Crippen molar-refractivity contribution in [1.82, 2.24) is 15.1 Å². The van der Waals surface area contributed by atoms with Gasteiger partial charge in [0.05, 0.1) is 29.1 Å². The van der Waals surface area contributed by atoms with Gasteiger partial charge in [-0.1, -0.05) is 11.6 Å². The lowest BCUT2D eigenvalue weighted by atomic mass is 9.82. The van der Waals surface area contributed by atoms with Gasteiger partial charge in [-0.3, -0.25) is 4.68 Å². The van der Waals surface area contributed by atoms with E-state index in [1.807, 2.05) is 18.7 Å². The molecule has 0 unspecified atom stereocenters. The molecule has 1 saturated carbocycles. The highest BCUT2D eigenvalue weighted by Gasteiger charge is 2.29. The molecule has 2 rings (SSSR count). The zero-order chi connectivity index (χ0) is 13.1. The Balaban J connectivity index is 1.84. The Morgan fingerprint density at radius 1 is 1.50 bits per heavy atom. The molecule has 0 bridgehead atoms. The second kappa shape index (κ2) is 6.04. The zero-order valence-corrected chi connectivity index (χ0v) is 12.1. The van der Waals surface area contributed by atoms with Crippen LogP contribution in [0.15, 0.2) is 0 Å². The first kappa shape index (κ1) is 13.8. The van der Waals surface area contributed by atoms with Crippen molar-refractivity contribution < 1.29 is 4.74 Å². The average molecular weight is 272 g/mol. The van der Waals surface area contributed by atoms with Gasteiger partial charge in [-0.15, -0.1) is 0 Å². The first-order valence-corrected chi connectivity index (χ1v) is 7.01. The smallest absolute Gasteiger partial charge is 0.0903 e. The van der Waals surface area contributed by atoms with Crippen molar-refractivity contribution >= 4 is 11.6 Å². The first-order valence-electron chi connectivity index (χ1n) is 6.63. The minimum absolute atomic E-state index is 0.389. The molecule has 4 nitrogen and oxygen atoms in total. The SMILES string of the molecule is CCn1nc(C)c(Cl)c1COC1CC(CNC)C1. The molecule has 1 aliphatic rings. The number of halogens is 1. The summed E-state index contributed by atoms with van der Waals surface area (Å²) < 4.78 is 7.84. The summed E-state index contributed by atoms with van der Waals surface area (Å²) in [5, 5.41) is 8.35. The van der Waals surface area contributed by atoms with Gasteiger partial charge in [0, 0.05) is 6.54 Å². The van der Waals surface area contributed by atoms with Crippen LogP contribution in [0, 0.1) is 12.8 Å². The normalized spacial score (nSPS) is 23.1. The van der Waals surface area contributed by atoms with Gasteiger partial charge in [0.25, 0.3) is 0 Å². The molecule has 1 aromatic rings. The van der Waals surface area contributed by atoms with Crippen LogP contribution < -0.4 is 5.32 Å². The van der Waals surface area contributed by atoms with E-state index in [-0.39, 0.29) is 0 Å². The van der Waals surface area contributed by atoms with Crippen molar-refractivity contribution in [3.63, 3.8) is 0 Å². The summed E-state index contributed by atoms with van der Waals surface area (Å²) in [4.78, 5) is 0. The van der Waals surface area contributed by atoms with Gasteiger partial charge in [0.1, 0.15) is 0 Å². The Labute approximate surface area is 114 Å². The lowest BCUT2D eigenvalue weighted by Crippen LogP contribution is -2.36. The number of aromatic nitrogens is 2. The lowest BCUT2D eigenvalue weighted by molar-refractivity contribution is -0.0413. The van der Waals surface area contributed by atoms with E-state index in [1.165, 1.54) is 0 Å². The van der Waals surface area contributed by atoms with E-state index in [9.17, 15) is 0 Å². The fourth-order valence-electron chi connectivity index (χ4n) is 2.47. The topological polar surface area (TPSA) is 39.1 Å². The van der Waals surface area contributed by atoms with E-state index in [4.69, 9.17) is 16.3 Å². The third-order valence-corrected chi connectivity index (χ3v) is 4.09. The Hall–Kier alpha value is -0.580. The van der Waals surface area contributed by atoms with Crippen molar-refractivity contribution in [2.45, 2.75) is 45.9 Å². The van der Waals surface area contributed by atoms with E-state index < -0.39 is 0 Å². The molecule has 1 aromatic heterocycles. The van der Waals surface area contributed by atoms with Crippen LogP contribution in [0.5, 0.6) is 0 Å². The van der Waals surface area contributed by atoms with Crippen LogP contribution in [0.1, 0.15) is 31.2 Å². The largest absolute Gasteiger partial charge is 0.372 e. The van der Waals surface area contributed by atoms with Gasteiger partial charge in [-0.2, -0.15) is 5.10 Å². The quantitative estimate of drug-likeness (QED) is 0.863. The van der Waals surface area contributed by atoms with E-state index in [2.05, 4.69) is 17.3 Å². The average Bonchev–Trinajstić information content (AvgIpc) is 2.58. The molecule has 18 heavy (non-hydrogen) atoms. The molecule has 5 heteroatoms. The van der Waals surface area contributed by atoms with Crippen LogP contribution in [0.2, 0.25) is 5.02 Å². The highest BCUT2D eigenvalue weighted by atomic mass is 35.5. The highest BCUT2D eigenvalue weighted by Crippen LogP contribution is 2.31. The van der Waals surface area contributed by atoms with Crippen LogP contribution >= 0.6 is 11.6 Å². The number of aryl methyl sites for hydroxylation is 2. The van der Waals surface area contributed by atoms with Crippen molar-refractivity contribution in [1.29, 1.82) is 0 Å². The van der Waals surface area contributed by atoms with E-state index >= 15 is 0 Å². The van der Waals surface area contributed by atoms with Crippen LogP contribution in [0.3, 0.4) is 0 Å². The molecule has 1 heterocycles. The Morgan fingerprint density at radius 3 is 2.83 bits per heavy atom. The van der Waals surface area contributed by atoms with Crippen molar-refractivity contribution in [2.24, 2.45) is 5.92 Å². The molecule has 0 atom stereocenters. The number of nitrogens with zero attached hydrogens (tertiary/aromatic N) is 2. The standard InChI is InChI=1S/C13H22ClN3O/c1-4-17-12(13(14)9(2)16-17)8-18-11-5-10(6-11)7-15-3/h10-11,15H,4-8H2,1-3H3. The molecule has 102 valence electrons. The Morgan fingerprint density at radius 2 is 2.22 bits per heavy atom. The molecular weight excluding hydrogens is 250 g/mol. The summed E-state index contributed by atoms with van der Waals surface area (Å²) in [5.41, 5.74) is 1.90. The summed E-state index contributed by atoms with van der Waals surface area (Å²) in [6.07, 6.45) is 2.69. The molecule has 0 radical (unpaired) electrons. The van der Waals surface area contributed by atoms with Crippen molar-refractivity contribution in [2.75, 3.05) is 13.6 Å². The minimum Gasteiger partial charge on any atom is -0.372 e. The predicted octanol–water partition coefficient (Wildman–Crippen LogP) is 2.38. The zero-order valence-electron chi connectivity index (χ0n) is 11.4. The van der Waals surface area contributed by atoms with E-state index in [0.717, 1.165) is 48.3 Å². The monoisotopic (exact) mass is 271 g/mol. The van der Waals surface area contributed by atoms with E-state index in [0.29, 0.717) is 12.7 Å². The summed E-state index contributed by atoms with van der Waals surface area (Å²) in [7, 11) is 2.00. The summed E-state index contributed by atoms with van der Waals surface area (Å²) in [5.74, 6) is 0.772. The van der Waals surface area contributed by atoms with E-state index in [1.54, 1.807) is 0 Å². The van der Waals surface area contributed by atoms with Gasteiger partial charge in [-0.05, 0) is 46.2 Å². The van der Waals surface area contributed by atoms with Crippen LogP contribution in [0.4, 0.5) is 0 Å². The number of hydrogen-bond acceptors (Lipinski definition) is 3. The third kappa shape index (κ3) is 2.87. The third-order valence-electron chi connectivity index (χ3n) is 3.59. The molecule has 1 N–H and O–H groups in total.